The van der Waals surface area contributed by atoms with Crippen molar-refractivity contribution in [2.75, 3.05) is 30.0 Å². The highest BCUT2D eigenvalue weighted by Gasteiger charge is 2.36. The molecule has 2 aromatic carbocycles. The number of halogens is 2. The Hall–Kier alpha value is -3.36. The minimum Gasteiger partial charge on any atom is -0.486 e. The molecule has 1 saturated heterocycles. The third-order valence-corrected chi connectivity index (χ3v) is 5.09. The molecule has 0 spiro atoms. The van der Waals surface area contributed by atoms with Crippen LogP contribution in [0.1, 0.15) is 12.0 Å². The molecule has 2 aliphatic rings. The maximum absolute atomic E-state index is 12.7. The molecule has 0 saturated carbocycles. The third kappa shape index (κ3) is 4.00. The first-order chi connectivity index (χ1) is 14.4. The van der Waals surface area contributed by atoms with E-state index in [9.17, 15) is 18.4 Å². The van der Waals surface area contributed by atoms with Crippen LogP contribution in [-0.2, 0) is 9.59 Å². The van der Waals surface area contributed by atoms with E-state index in [-0.39, 0.29) is 30.5 Å². The standard InChI is InChI=1S/C21H20F2N2O5/c1-12-15(3-2-4-16(12)30-21(22)23)24-20(27)13-9-19(26)25(11-13)14-5-6-17-18(10-14)29-8-7-28-17/h2-6,10,13,21H,7-9,11H2,1H3,(H,24,27). The van der Waals surface area contributed by atoms with E-state index in [2.05, 4.69) is 10.1 Å². The average molecular weight is 418 g/mol. The molecular weight excluding hydrogens is 398 g/mol. The topological polar surface area (TPSA) is 77.1 Å². The summed E-state index contributed by atoms with van der Waals surface area (Å²) in [6.45, 7) is -0.268. The first-order valence-electron chi connectivity index (χ1n) is 9.47. The Morgan fingerprint density at radius 3 is 2.73 bits per heavy atom. The Morgan fingerprint density at radius 1 is 1.20 bits per heavy atom. The fraction of sp³-hybridized carbons (Fsp3) is 0.333. The highest BCUT2D eigenvalue weighted by Crippen LogP contribution is 2.36. The number of benzene rings is 2. The molecule has 1 atom stereocenters. The van der Waals surface area contributed by atoms with Crippen LogP contribution in [-0.4, -0.2) is 38.2 Å². The van der Waals surface area contributed by atoms with Crippen LogP contribution in [0.3, 0.4) is 0 Å². The smallest absolute Gasteiger partial charge is 0.387 e. The SMILES string of the molecule is Cc1c(NC(=O)C2CC(=O)N(c3ccc4c(c3)OCCO4)C2)cccc1OC(F)F. The second kappa shape index (κ2) is 8.17. The molecule has 7 nitrogen and oxygen atoms in total. The van der Waals surface area contributed by atoms with Gasteiger partial charge in [-0.15, -0.1) is 0 Å². The molecule has 1 fully saturated rings. The lowest BCUT2D eigenvalue weighted by Gasteiger charge is -2.22. The van der Waals surface area contributed by atoms with Gasteiger partial charge in [-0.1, -0.05) is 6.07 Å². The van der Waals surface area contributed by atoms with Crippen LogP contribution >= 0.6 is 0 Å². The van der Waals surface area contributed by atoms with Gasteiger partial charge < -0.3 is 24.4 Å². The van der Waals surface area contributed by atoms with Crippen LogP contribution in [0, 0.1) is 12.8 Å². The van der Waals surface area contributed by atoms with Crippen LogP contribution in [0.4, 0.5) is 20.2 Å². The molecular formula is C21H20F2N2O5. The summed E-state index contributed by atoms with van der Waals surface area (Å²) in [7, 11) is 0. The Labute approximate surface area is 171 Å². The lowest BCUT2D eigenvalue weighted by Crippen LogP contribution is -2.28. The van der Waals surface area contributed by atoms with E-state index >= 15 is 0 Å². The molecule has 4 rings (SSSR count). The number of alkyl halides is 2. The molecule has 9 heteroatoms. The number of hydrogen-bond donors (Lipinski definition) is 1. The van der Waals surface area contributed by atoms with Gasteiger partial charge in [-0.3, -0.25) is 9.59 Å². The number of nitrogens with zero attached hydrogens (tertiary/aromatic N) is 1. The summed E-state index contributed by atoms with van der Waals surface area (Å²) in [6, 6.07) is 9.73. The molecule has 0 aromatic heterocycles. The summed E-state index contributed by atoms with van der Waals surface area (Å²) < 4.78 is 40.6. The zero-order valence-corrected chi connectivity index (χ0v) is 16.2. The average Bonchev–Trinajstić information content (AvgIpc) is 3.12. The molecule has 30 heavy (non-hydrogen) atoms. The van der Waals surface area contributed by atoms with Gasteiger partial charge in [-0.05, 0) is 31.2 Å². The molecule has 0 radical (unpaired) electrons. The van der Waals surface area contributed by atoms with Crippen molar-refractivity contribution < 1.29 is 32.6 Å². The highest BCUT2D eigenvalue weighted by atomic mass is 19.3. The number of ether oxygens (including phenoxy) is 3. The Balaban J connectivity index is 1.46. The Bertz CT molecular complexity index is 982. The highest BCUT2D eigenvalue weighted by molar-refractivity contribution is 6.04. The largest absolute Gasteiger partial charge is 0.486 e. The van der Waals surface area contributed by atoms with E-state index in [1.54, 1.807) is 31.2 Å². The molecule has 1 N–H and O–H groups in total. The summed E-state index contributed by atoms with van der Waals surface area (Å²) in [5, 5.41) is 2.72. The first-order valence-corrected chi connectivity index (χ1v) is 9.47. The van der Waals surface area contributed by atoms with Crippen molar-refractivity contribution in [2.24, 2.45) is 5.92 Å². The normalized spacial score (nSPS) is 17.9. The Morgan fingerprint density at radius 2 is 1.97 bits per heavy atom. The number of rotatable bonds is 5. The fourth-order valence-corrected chi connectivity index (χ4v) is 3.54. The monoisotopic (exact) mass is 418 g/mol. The molecule has 0 aliphatic carbocycles. The van der Waals surface area contributed by atoms with Crippen molar-refractivity contribution in [2.45, 2.75) is 20.0 Å². The maximum Gasteiger partial charge on any atom is 0.387 e. The predicted molar refractivity (Wildman–Crippen MR) is 104 cm³/mol. The number of anilines is 2. The van der Waals surface area contributed by atoms with E-state index in [0.29, 0.717) is 41.7 Å². The number of fused-ring (bicyclic) bond motifs is 1. The molecule has 2 aliphatic heterocycles. The molecule has 2 heterocycles. The van der Waals surface area contributed by atoms with Gasteiger partial charge in [0.25, 0.3) is 0 Å². The molecule has 2 aromatic rings. The van der Waals surface area contributed by atoms with Crippen LogP contribution < -0.4 is 24.4 Å². The van der Waals surface area contributed by atoms with E-state index in [1.807, 2.05) is 0 Å². The van der Waals surface area contributed by atoms with Gasteiger partial charge in [0.05, 0.1) is 5.92 Å². The van der Waals surface area contributed by atoms with Crippen LogP contribution in [0.5, 0.6) is 17.2 Å². The fourth-order valence-electron chi connectivity index (χ4n) is 3.54. The van der Waals surface area contributed by atoms with Gasteiger partial charge in [0.15, 0.2) is 11.5 Å². The van der Waals surface area contributed by atoms with Crippen LogP contribution in [0.25, 0.3) is 0 Å². The summed E-state index contributed by atoms with van der Waals surface area (Å²) >= 11 is 0. The molecule has 2 amide bonds. The lowest BCUT2D eigenvalue weighted by atomic mass is 10.1. The third-order valence-electron chi connectivity index (χ3n) is 5.09. The van der Waals surface area contributed by atoms with Crippen molar-refractivity contribution in [3.05, 3.63) is 42.0 Å². The summed E-state index contributed by atoms with van der Waals surface area (Å²) in [6.07, 6.45) is 0.0482. The van der Waals surface area contributed by atoms with Gasteiger partial charge >= 0.3 is 6.61 Å². The minimum atomic E-state index is -2.96. The second-order valence-electron chi connectivity index (χ2n) is 7.03. The Kier molecular flexibility index (Phi) is 5.43. The van der Waals surface area contributed by atoms with Crippen molar-refractivity contribution >= 4 is 23.2 Å². The number of amides is 2. The van der Waals surface area contributed by atoms with E-state index < -0.39 is 12.5 Å². The number of carbonyl (C=O) groups is 2. The zero-order chi connectivity index (χ0) is 21.3. The quantitative estimate of drug-likeness (QED) is 0.806. The van der Waals surface area contributed by atoms with Crippen molar-refractivity contribution in [3.8, 4) is 17.2 Å². The van der Waals surface area contributed by atoms with Crippen molar-refractivity contribution in [1.82, 2.24) is 0 Å². The van der Waals surface area contributed by atoms with Gasteiger partial charge in [0, 0.05) is 36.0 Å². The summed E-state index contributed by atoms with van der Waals surface area (Å²) in [5.41, 5.74) is 1.38. The summed E-state index contributed by atoms with van der Waals surface area (Å²) in [4.78, 5) is 26.8. The van der Waals surface area contributed by atoms with Gasteiger partial charge in [0.2, 0.25) is 11.8 Å². The van der Waals surface area contributed by atoms with Gasteiger partial charge in [0.1, 0.15) is 19.0 Å². The number of hydrogen-bond acceptors (Lipinski definition) is 5. The van der Waals surface area contributed by atoms with Crippen LogP contribution in [0.15, 0.2) is 36.4 Å². The van der Waals surface area contributed by atoms with E-state index in [0.717, 1.165) is 0 Å². The lowest BCUT2D eigenvalue weighted by molar-refractivity contribution is -0.122. The van der Waals surface area contributed by atoms with Gasteiger partial charge in [-0.2, -0.15) is 8.78 Å². The minimum absolute atomic E-state index is 0.0109. The van der Waals surface area contributed by atoms with Crippen molar-refractivity contribution in [1.29, 1.82) is 0 Å². The second-order valence-corrected chi connectivity index (χ2v) is 7.03. The first kappa shape index (κ1) is 19.9. The number of carbonyl (C=O) groups excluding carboxylic acids is 2. The summed E-state index contributed by atoms with van der Waals surface area (Å²) in [5.74, 6) is 0.0465. The van der Waals surface area contributed by atoms with Crippen molar-refractivity contribution in [3.63, 3.8) is 0 Å². The van der Waals surface area contributed by atoms with E-state index in [1.165, 1.54) is 17.0 Å². The number of nitrogens with one attached hydrogen (secondary N) is 1. The van der Waals surface area contributed by atoms with Crippen LogP contribution in [0.2, 0.25) is 0 Å². The van der Waals surface area contributed by atoms with E-state index in [4.69, 9.17) is 9.47 Å². The molecule has 0 bridgehead atoms. The predicted octanol–water partition coefficient (Wildman–Crippen LogP) is 3.36. The maximum atomic E-state index is 12.7. The zero-order valence-electron chi connectivity index (χ0n) is 16.2. The molecule has 158 valence electrons. The van der Waals surface area contributed by atoms with Gasteiger partial charge in [-0.25, -0.2) is 0 Å². The molecule has 1 unspecified atom stereocenters.